The molecule has 38 heavy (non-hydrogen) atoms. The molecule has 4 unspecified atom stereocenters. The first-order valence-corrected chi connectivity index (χ1v) is 13.3. The minimum Gasteiger partial charge on any atom is -0.392 e. The maximum Gasteiger partial charge on any atom is 0.319 e. The average Bonchev–Trinajstić information content (AvgIpc) is 3.46. The van der Waals surface area contributed by atoms with Crippen molar-refractivity contribution >= 4 is 11.7 Å². The first kappa shape index (κ1) is 23.8. The van der Waals surface area contributed by atoms with E-state index >= 15 is 0 Å². The molecule has 0 spiro atoms. The summed E-state index contributed by atoms with van der Waals surface area (Å²) in [4.78, 5) is 17.0. The summed E-state index contributed by atoms with van der Waals surface area (Å²) in [6, 6.07) is 7.59. The number of halogens is 3. The Bertz CT molecular complexity index is 1410. The van der Waals surface area contributed by atoms with Gasteiger partial charge in [-0.25, -0.2) is 22.9 Å². The summed E-state index contributed by atoms with van der Waals surface area (Å²) in [6.07, 6.45) is 7.80. The van der Waals surface area contributed by atoms with Crippen LogP contribution in [0.15, 0.2) is 48.9 Å². The maximum atomic E-state index is 15.0. The van der Waals surface area contributed by atoms with Crippen molar-refractivity contribution in [2.24, 2.45) is 23.2 Å². The van der Waals surface area contributed by atoms with E-state index in [1.54, 1.807) is 18.6 Å². The van der Waals surface area contributed by atoms with E-state index in [4.69, 9.17) is 0 Å². The topological polar surface area (TPSA) is 79.2 Å². The molecule has 4 fully saturated rings. The van der Waals surface area contributed by atoms with Crippen molar-refractivity contribution in [2.75, 3.05) is 5.32 Å². The fraction of sp³-hybridized carbons (Fsp3) is 0.448. The smallest absolute Gasteiger partial charge is 0.319 e. The minimum absolute atomic E-state index is 0.0397. The van der Waals surface area contributed by atoms with Crippen LogP contribution in [0.5, 0.6) is 0 Å². The second kappa shape index (κ2) is 8.59. The SMILES string of the molecule is O=C(Nc1ccc(F)c(F)c1)NC1C2CC3CC1CC(C(O)CC1c4c(F)cccc4-c4cncn41)(C3)C2. The number of aromatic nitrogens is 2. The van der Waals surface area contributed by atoms with Crippen LogP contribution in [0.4, 0.5) is 23.7 Å². The van der Waals surface area contributed by atoms with E-state index in [9.17, 15) is 23.1 Å². The third kappa shape index (κ3) is 3.66. The molecule has 1 aromatic heterocycles. The number of nitrogens with zero attached hydrogens (tertiary/aromatic N) is 2. The standard InChI is InChI=1S/C29H29F3N4O2/c30-20-5-4-18(8-22(20)32)34-28(38)35-27-16-6-15-7-17(27)12-29(10-15,11-16)25(37)9-23-26-19(2-1-3-21(26)31)24-13-33-14-36(23)24/h1-5,8,13-17,23,25,27,37H,6-7,9-12H2,(H2,34,35,38). The summed E-state index contributed by atoms with van der Waals surface area (Å²) in [5.41, 5.74) is 2.27. The lowest BCUT2D eigenvalue weighted by Gasteiger charge is -2.61. The van der Waals surface area contributed by atoms with Crippen LogP contribution in [-0.2, 0) is 0 Å². The largest absolute Gasteiger partial charge is 0.392 e. The molecule has 198 valence electrons. The van der Waals surface area contributed by atoms with Gasteiger partial charge in [0.25, 0.3) is 0 Å². The summed E-state index contributed by atoms with van der Waals surface area (Å²) in [6.45, 7) is 0. The van der Waals surface area contributed by atoms with Crippen LogP contribution >= 0.6 is 0 Å². The van der Waals surface area contributed by atoms with Gasteiger partial charge < -0.3 is 20.3 Å². The highest BCUT2D eigenvalue weighted by Crippen LogP contribution is 2.62. The number of aliphatic hydroxyl groups is 1. The molecular weight excluding hydrogens is 493 g/mol. The molecule has 8 rings (SSSR count). The van der Waals surface area contributed by atoms with E-state index in [0.717, 1.165) is 55.5 Å². The number of fused-ring (bicyclic) bond motifs is 3. The van der Waals surface area contributed by atoms with Gasteiger partial charge in [-0.2, -0.15) is 0 Å². The van der Waals surface area contributed by atoms with Gasteiger partial charge in [-0.05, 0) is 79.9 Å². The number of anilines is 1. The minimum atomic E-state index is -1.01. The second-order valence-electron chi connectivity index (χ2n) is 11.7. The van der Waals surface area contributed by atoms with Gasteiger partial charge in [-0.3, -0.25) is 0 Å². The van der Waals surface area contributed by atoms with Crippen molar-refractivity contribution in [1.82, 2.24) is 14.9 Å². The zero-order valence-electron chi connectivity index (χ0n) is 20.7. The molecule has 3 N–H and O–H groups in total. The van der Waals surface area contributed by atoms with E-state index in [1.165, 1.54) is 12.1 Å². The number of hydrogen-bond acceptors (Lipinski definition) is 3. The van der Waals surface area contributed by atoms with Gasteiger partial charge >= 0.3 is 6.03 Å². The molecule has 0 saturated heterocycles. The maximum absolute atomic E-state index is 15.0. The van der Waals surface area contributed by atoms with E-state index in [-0.39, 0.29) is 40.8 Å². The lowest BCUT2D eigenvalue weighted by atomic mass is 9.46. The molecular formula is C29H29F3N4O2. The molecule has 1 aliphatic heterocycles. The van der Waals surface area contributed by atoms with Crippen LogP contribution in [0.3, 0.4) is 0 Å². The fourth-order valence-corrected chi connectivity index (χ4v) is 8.32. The summed E-state index contributed by atoms with van der Waals surface area (Å²) < 4.78 is 43.7. The number of urea groups is 1. The number of rotatable bonds is 5. The third-order valence-corrected chi connectivity index (χ3v) is 9.61. The summed E-state index contributed by atoms with van der Waals surface area (Å²) in [5, 5.41) is 17.5. The van der Waals surface area contributed by atoms with E-state index < -0.39 is 23.8 Å². The van der Waals surface area contributed by atoms with Crippen LogP contribution < -0.4 is 10.6 Å². The molecule has 4 aliphatic carbocycles. The van der Waals surface area contributed by atoms with Crippen molar-refractivity contribution in [3.63, 3.8) is 0 Å². The Morgan fingerprint density at radius 1 is 1.08 bits per heavy atom. The van der Waals surface area contributed by atoms with E-state index in [1.807, 2.05) is 10.6 Å². The highest BCUT2D eigenvalue weighted by atomic mass is 19.2. The van der Waals surface area contributed by atoms with Gasteiger partial charge in [0.15, 0.2) is 11.6 Å². The molecule has 4 atom stereocenters. The first-order chi connectivity index (χ1) is 18.3. The van der Waals surface area contributed by atoms with E-state index in [2.05, 4.69) is 15.6 Å². The Morgan fingerprint density at radius 2 is 1.87 bits per heavy atom. The van der Waals surface area contributed by atoms with Gasteiger partial charge in [0.1, 0.15) is 5.82 Å². The van der Waals surface area contributed by atoms with Crippen molar-refractivity contribution in [1.29, 1.82) is 0 Å². The van der Waals surface area contributed by atoms with Crippen LogP contribution in [0.2, 0.25) is 0 Å². The molecule has 4 saturated carbocycles. The molecule has 2 aromatic carbocycles. The van der Waals surface area contributed by atoms with Crippen molar-refractivity contribution in [3.05, 3.63) is 71.9 Å². The fourth-order valence-electron chi connectivity index (χ4n) is 8.32. The molecule has 2 heterocycles. The molecule has 9 heteroatoms. The molecule has 2 amide bonds. The lowest BCUT2D eigenvalue weighted by Crippen LogP contribution is -2.62. The van der Waals surface area contributed by atoms with Crippen LogP contribution in [0.25, 0.3) is 11.3 Å². The average molecular weight is 523 g/mol. The van der Waals surface area contributed by atoms with Crippen LogP contribution in [-0.4, -0.2) is 32.8 Å². The number of carbonyl (C=O) groups is 1. The number of amides is 2. The Balaban J connectivity index is 1.08. The molecule has 3 aromatic rings. The normalized spacial score (nSPS) is 31.1. The Hall–Kier alpha value is -3.33. The highest BCUT2D eigenvalue weighted by molar-refractivity contribution is 5.89. The number of aliphatic hydroxyl groups excluding tert-OH is 1. The van der Waals surface area contributed by atoms with Crippen molar-refractivity contribution in [3.8, 4) is 11.3 Å². The molecule has 6 nitrogen and oxygen atoms in total. The zero-order chi connectivity index (χ0) is 26.2. The molecule has 0 radical (unpaired) electrons. The lowest BCUT2D eigenvalue weighted by molar-refractivity contribution is -0.135. The number of nitrogens with one attached hydrogen (secondary N) is 2. The van der Waals surface area contributed by atoms with Crippen molar-refractivity contribution < 1.29 is 23.1 Å². The van der Waals surface area contributed by atoms with Gasteiger partial charge in [0.2, 0.25) is 0 Å². The molecule has 4 bridgehead atoms. The van der Waals surface area contributed by atoms with Crippen LogP contribution in [0, 0.1) is 40.6 Å². The Kier molecular flexibility index (Phi) is 5.37. The quantitative estimate of drug-likeness (QED) is 0.406. The van der Waals surface area contributed by atoms with Crippen LogP contribution in [0.1, 0.15) is 50.1 Å². The number of hydrogen-bond donors (Lipinski definition) is 3. The number of benzene rings is 2. The van der Waals surface area contributed by atoms with Crippen molar-refractivity contribution in [2.45, 2.75) is 56.7 Å². The van der Waals surface area contributed by atoms with E-state index in [0.29, 0.717) is 17.9 Å². The summed E-state index contributed by atoms with van der Waals surface area (Å²) in [5.74, 6) is -1.29. The third-order valence-electron chi connectivity index (χ3n) is 9.61. The predicted molar refractivity (Wildman–Crippen MR) is 135 cm³/mol. The zero-order valence-corrected chi connectivity index (χ0v) is 20.7. The second-order valence-corrected chi connectivity index (χ2v) is 11.7. The number of carbonyl (C=O) groups excluding carboxylic acids is 1. The molecule has 5 aliphatic rings. The predicted octanol–water partition coefficient (Wildman–Crippen LogP) is 5.64. The first-order valence-electron chi connectivity index (χ1n) is 13.3. The Morgan fingerprint density at radius 3 is 2.63 bits per heavy atom. The monoisotopic (exact) mass is 522 g/mol. The van der Waals surface area contributed by atoms with Gasteiger partial charge in [-0.15, -0.1) is 0 Å². The van der Waals surface area contributed by atoms with Gasteiger partial charge in [0.05, 0.1) is 30.4 Å². The van der Waals surface area contributed by atoms with Gasteiger partial charge in [0, 0.05) is 28.9 Å². The van der Waals surface area contributed by atoms with Gasteiger partial charge in [-0.1, -0.05) is 12.1 Å². The summed E-state index contributed by atoms with van der Waals surface area (Å²) in [7, 11) is 0. The Labute approximate surface area is 218 Å². The summed E-state index contributed by atoms with van der Waals surface area (Å²) >= 11 is 0. The number of imidazole rings is 1. The highest BCUT2D eigenvalue weighted by Gasteiger charge is 2.58.